The molecule has 9 heteroatoms. The van der Waals surface area contributed by atoms with Crippen molar-refractivity contribution in [1.29, 1.82) is 0 Å². The molecule has 0 bridgehead atoms. The number of hydrogen-bond donors (Lipinski definition) is 2. The van der Waals surface area contributed by atoms with Gasteiger partial charge in [0.05, 0.1) is 12.7 Å². The lowest BCUT2D eigenvalue weighted by atomic mass is 10.1. The van der Waals surface area contributed by atoms with Gasteiger partial charge >= 0.3 is 11.9 Å². The van der Waals surface area contributed by atoms with Gasteiger partial charge in [-0.3, -0.25) is 9.78 Å². The molecular formula is C11H8F3N3O3. The fourth-order valence-corrected chi connectivity index (χ4v) is 1.59. The maximum absolute atomic E-state index is 12.6. The molecular weight excluding hydrogens is 279 g/mol. The van der Waals surface area contributed by atoms with Gasteiger partial charge in [0.15, 0.2) is 5.69 Å². The average Bonchev–Trinajstić information content (AvgIpc) is 2.37. The van der Waals surface area contributed by atoms with Gasteiger partial charge < -0.3 is 4.74 Å². The Morgan fingerprint density at radius 2 is 1.95 bits per heavy atom. The van der Waals surface area contributed by atoms with Crippen LogP contribution < -0.4 is 16.0 Å². The van der Waals surface area contributed by atoms with Crippen LogP contribution in [0, 0.1) is 0 Å². The number of aromatic amines is 2. The predicted molar refractivity (Wildman–Crippen MR) is 62.5 cm³/mol. The minimum absolute atomic E-state index is 0.0398. The average molecular weight is 287 g/mol. The molecule has 0 unspecified atom stereocenters. The highest BCUT2D eigenvalue weighted by atomic mass is 19.4. The number of rotatable bonds is 2. The lowest BCUT2D eigenvalue weighted by Gasteiger charge is -2.11. The van der Waals surface area contributed by atoms with Crippen molar-refractivity contribution >= 4 is 0 Å². The van der Waals surface area contributed by atoms with Crippen molar-refractivity contribution in [2.24, 2.45) is 0 Å². The molecule has 0 saturated heterocycles. The second kappa shape index (κ2) is 4.83. The standard InChI is InChI=1S/C11H8F3N3O3/c1-20-7-4-5(11(12,13)14)2-3-6(7)8-9(18)15-10(19)17-16-8/h2-4H,1H3,(H2,15,17,18,19). The van der Waals surface area contributed by atoms with Crippen molar-refractivity contribution in [3.63, 3.8) is 0 Å². The maximum atomic E-state index is 12.6. The number of nitrogens with zero attached hydrogens (tertiary/aromatic N) is 1. The van der Waals surface area contributed by atoms with E-state index in [-0.39, 0.29) is 17.0 Å². The Labute approximate surface area is 109 Å². The number of ether oxygens (including phenoxy) is 1. The van der Waals surface area contributed by atoms with E-state index in [4.69, 9.17) is 4.74 Å². The lowest BCUT2D eigenvalue weighted by Crippen LogP contribution is -2.25. The first-order valence-electron chi connectivity index (χ1n) is 5.27. The molecule has 2 N–H and O–H groups in total. The van der Waals surface area contributed by atoms with Gasteiger partial charge in [-0.2, -0.15) is 18.3 Å². The quantitative estimate of drug-likeness (QED) is 0.867. The molecule has 0 amide bonds. The third-order valence-corrected chi connectivity index (χ3v) is 2.50. The van der Waals surface area contributed by atoms with Crippen LogP contribution in [-0.2, 0) is 6.18 Å². The third kappa shape index (κ3) is 2.56. The zero-order valence-corrected chi connectivity index (χ0v) is 10.0. The Balaban J connectivity index is 2.63. The molecule has 1 aromatic heterocycles. The number of halogens is 3. The van der Waals surface area contributed by atoms with Crippen LogP contribution in [0.1, 0.15) is 5.56 Å². The van der Waals surface area contributed by atoms with Gasteiger partial charge in [-0.1, -0.05) is 0 Å². The summed E-state index contributed by atoms with van der Waals surface area (Å²) in [5, 5.41) is 5.50. The van der Waals surface area contributed by atoms with Crippen molar-refractivity contribution in [2.75, 3.05) is 7.11 Å². The van der Waals surface area contributed by atoms with Crippen LogP contribution in [0.5, 0.6) is 5.75 Å². The smallest absolute Gasteiger partial charge is 0.416 e. The molecule has 0 aliphatic rings. The molecule has 20 heavy (non-hydrogen) atoms. The minimum atomic E-state index is -4.53. The summed E-state index contributed by atoms with van der Waals surface area (Å²) < 4.78 is 42.6. The van der Waals surface area contributed by atoms with Crippen LogP contribution in [0.25, 0.3) is 11.3 Å². The van der Waals surface area contributed by atoms with Crippen molar-refractivity contribution in [2.45, 2.75) is 6.18 Å². The predicted octanol–water partition coefficient (Wildman–Crippen LogP) is 1.15. The van der Waals surface area contributed by atoms with Crippen molar-refractivity contribution in [1.82, 2.24) is 15.2 Å². The van der Waals surface area contributed by atoms with Gasteiger partial charge in [-0.05, 0) is 18.2 Å². The molecule has 0 spiro atoms. The molecule has 2 aromatic rings. The number of methoxy groups -OCH3 is 1. The van der Waals surface area contributed by atoms with Gasteiger partial charge in [0, 0.05) is 5.56 Å². The van der Waals surface area contributed by atoms with Crippen LogP contribution in [0.3, 0.4) is 0 Å². The van der Waals surface area contributed by atoms with Crippen LogP contribution in [-0.4, -0.2) is 22.3 Å². The number of H-pyrrole nitrogens is 2. The molecule has 0 aliphatic carbocycles. The second-order valence-corrected chi connectivity index (χ2v) is 3.77. The number of aromatic nitrogens is 3. The zero-order chi connectivity index (χ0) is 14.9. The summed E-state index contributed by atoms with van der Waals surface area (Å²) >= 11 is 0. The number of alkyl halides is 3. The molecule has 0 atom stereocenters. The summed E-state index contributed by atoms with van der Waals surface area (Å²) in [6.45, 7) is 0. The largest absolute Gasteiger partial charge is 0.496 e. The molecule has 1 aromatic carbocycles. The van der Waals surface area contributed by atoms with Crippen LogP contribution in [0.2, 0.25) is 0 Å². The lowest BCUT2D eigenvalue weighted by molar-refractivity contribution is -0.137. The van der Waals surface area contributed by atoms with Crippen molar-refractivity contribution < 1.29 is 17.9 Å². The van der Waals surface area contributed by atoms with Crippen molar-refractivity contribution in [3.8, 4) is 17.0 Å². The van der Waals surface area contributed by atoms with E-state index >= 15 is 0 Å². The van der Waals surface area contributed by atoms with E-state index < -0.39 is 23.0 Å². The van der Waals surface area contributed by atoms with Crippen molar-refractivity contribution in [3.05, 3.63) is 44.6 Å². The third-order valence-electron chi connectivity index (χ3n) is 2.50. The summed E-state index contributed by atoms with van der Waals surface area (Å²) in [6.07, 6.45) is -4.53. The van der Waals surface area contributed by atoms with Crippen LogP contribution in [0.4, 0.5) is 13.2 Å². The Hall–Kier alpha value is -2.58. The highest BCUT2D eigenvalue weighted by Crippen LogP contribution is 2.35. The van der Waals surface area contributed by atoms with Gasteiger partial charge in [0.2, 0.25) is 0 Å². The summed E-state index contributed by atoms with van der Waals surface area (Å²) in [7, 11) is 1.17. The SMILES string of the molecule is COc1cc(C(F)(F)F)ccc1-c1n[nH]c(=O)[nH]c1=O. The maximum Gasteiger partial charge on any atom is 0.416 e. The molecule has 106 valence electrons. The molecule has 0 fully saturated rings. The van der Waals surface area contributed by atoms with Gasteiger partial charge in [0.25, 0.3) is 5.56 Å². The van der Waals surface area contributed by atoms with Gasteiger partial charge in [-0.25, -0.2) is 9.89 Å². The summed E-state index contributed by atoms with van der Waals surface area (Å²) in [5.41, 5.74) is -2.76. The number of hydrogen-bond acceptors (Lipinski definition) is 4. The molecule has 0 saturated carbocycles. The monoisotopic (exact) mass is 287 g/mol. The Kier molecular flexibility index (Phi) is 3.35. The Bertz CT molecular complexity index is 749. The highest BCUT2D eigenvalue weighted by molar-refractivity contribution is 5.66. The normalized spacial score (nSPS) is 11.4. The molecule has 6 nitrogen and oxygen atoms in total. The van der Waals surface area contributed by atoms with Crippen LogP contribution in [0.15, 0.2) is 27.8 Å². The highest BCUT2D eigenvalue weighted by Gasteiger charge is 2.31. The number of benzene rings is 1. The topological polar surface area (TPSA) is 87.8 Å². The summed E-state index contributed by atoms with van der Waals surface area (Å²) in [6, 6.07) is 2.60. The van der Waals surface area contributed by atoms with E-state index in [2.05, 4.69) is 5.10 Å². The van der Waals surface area contributed by atoms with E-state index in [1.807, 2.05) is 10.1 Å². The zero-order valence-electron chi connectivity index (χ0n) is 10.0. The Morgan fingerprint density at radius 3 is 2.50 bits per heavy atom. The Morgan fingerprint density at radius 1 is 1.25 bits per heavy atom. The summed E-state index contributed by atoms with van der Waals surface area (Å²) in [4.78, 5) is 24.4. The summed E-state index contributed by atoms with van der Waals surface area (Å²) in [5.74, 6) is -0.176. The fourth-order valence-electron chi connectivity index (χ4n) is 1.59. The van der Waals surface area contributed by atoms with E-state index in [9.17, 15) is 22.8 Å². The van der Waals surface area contributed by atoms with E-state index in [0.29, 0.717) is 0 Å². The molecule has 0 radical (unpaired) electrons. The fraction of sp³-hybridized carbons (Fsp3) is 0.182. The second-order valence-electron chi connectivity index (χ2n) is 3.77. The molecule has 2 rings (SSSR count). The van der Waals surface area contributed by atoms with E-state index in [1.54, 1.807) is 0 Å². The first kappa shape index (κ1) is 13.8. The number of nitrogens with one attached hydrogen (secondary N) is 2. The van der Waals surface area contributed by atoms with E-state index in [1.165, 1.54) is 7.11 Å². The van der Waals surface area contributed by atoms with Crippen LogP contribution >= 0.6 is 0 Å². The van der Waals surface area contributed by atoms with E-state index in [0.717, 1.165) is 18.2 Å². The van der Waals surface area contributed by atoms with Gasteiger partial charge in [-0.15, -0.1) is 0 Å². The molecule has 1 heterocycles. The van der Waals surface area contributed by atoms with Gasteiger partial charge in [0.1, 0.15) is 5.75 Å². The minimum Gasteiger partial charge on any atom is -0.496 e. The first-order valence-corrected chi connectivity index (χ1v) is 5.27. The molecule has 0 aliphatic heterocycles. The first-order chi connectivity index (χ1) is 9.32.